The molecule has 0 aromatic rings. The number of ether oxygens (including phenoxy) is 4. The predicted molar refractivity (Wildman–Crippen MR) is 149 cm³/mol. The topological polar surface area (TPSA) is 111 Å². The van der Waals surface area contributed by atoms with Crippen molar-refractivity contribution in [3.8, 4) is 0 Å². The molecule has 0 aliphatic carbocycles. The molecule has 0 aliphatic rings. The zero-order chi connectivity index (χ0) is 28.5. The SMILES string of the molecule is CCCCCCCCCCCCCCCC(=O)CCCOCCOCCCC(=O)COC.COCC(=O)[O-].[Na+]. The van der Waals surface area contributed by atoms with Crippen LogP contribution < -0.4 is 34.7 Å². The van der Waals surface area contributed by atoms with Crippen molar-refractivity contribution >= 4 is 17.5 Å². The average Bonchev–Trinajstić information content (AvgIpc) is 2.88. The quantitative estimate of drug-likeness (QED) is 0.0998. The molecular formula is C30H57NaO8. The molecule has 8 nitrogen and oxygen atoms in total. The number of ketones is 2. The van der Waals surface area contributed by atoms with Crippen molar-refractivity contribution in [1.82, 2.24) is 0 Å². The molecule has 9 heteroatoms. The van der Waals surface area contributed by atoms with Gasteiger partial charge in [-0.05, 0) is 19.3 Å². The molecule has 0 amide bonds. The number of rotatable bonds is 29. The molecule has 0 unspecified atom stereocenters. The van der Waals surface area contributed by atoms with Crippen LogP contribution in [0.5, 0.6) is 0 Å². The Morgan fingerprint density at radius 3 is 1.28 bits per heavy atom. The van der Waals surface area contributed by atoms with Gasteiger partial charge in [-0.3, -0.25) is 9.59 Å². The summed E-state index contributed by atoms with van der Waals surface area (Å²) < 4.78 is 19.9. The van der Waals surface area contributed by atoms with E-state index in [-0.39, 0.29) is 48.6 Å². The van der Waals surface area contributed by atoms with Crippen LogP contribution in [-0.2, 0) is 33.3 Å². The summed E-state index contributed by atoms with van der Waals surface area (Å²) in [5.74, 6) is -0.707. The van der Waals surface area contributed by atoms with Crippen LogP contribution in [0.2, 0.25) is 0 Å². The first kappa shape index (κ1) is 43.1. The van der Waals surface area contributed by atoms with Crippen molar-refractivity contribution in [2.75, 3.05) is 53.9 Å². The molecule has 0 radical (unpaired) electrons. The summed E-state index contributed by atoms with van der Waals surface area (Å²) >= 11 is 0. The fraction of sp³-hybridized carbons (Fsp3) is 0.900. The minimum Gasteiger partial charge on any atom is -0.548 e. The molecule has 0 aliphatic heterocycles. The maximum absolute atomic E-state index is 11.9. The Morgan fingerprint density at radius 1 is 0.513 bits per heavy atom. The van der Waals surface area contributed by atoms with Crippen LogP contribution in [0.25, 0.3) is 0 Å². The Kier molecular flexibility index (Phi) is 41.6. The molecule has 0 aromatic carbocycles. The summed E-state index contributed by atoms with van der Waals surface area (Å²) in [4.78, 5) is 32.6. The molecule has 0 aromatic heterocycles. The molecule has 226 valence electrons. The number of aliphatic carboxylic acids is 1. The number of methoxy groups -OCH3 is 2. The second kappa shape index (κ2) is 37.6. The molecule has 0 heterocycles. The fourth-order valence-corrected chi connectivity index (χ4v) is 3.88. The van der Waals surface area contributed by atoms with Crippen molar-refractivity contribution in [2.24, 2.45) is 0 Å². The van der Waals surface area contributed by atoms with Gasteiger partial charge in [0.1, 0.15) is 12.4 Å². The van der Waals surface area contributed by atoms with E-state index in [4.69, 9.17) is 14.2 Å². The Hall–Kier alpha value is -0.350. The van der Waals surface area contributed by atoms with E-state index in [1.165, 1.54) is 91.3 Å². The van der Waals surface area contributed by atoms with Crippen molar-refractivity contribution < 1.29 is 68.0 Å². The first-order chi connectivity index (χ1) is 18.5. The zero-order valence-electron chi connectivity index (χ0n) is 25.7. The Morgan fingerprint density at radius 2 is 0.897 bits per heavy atom. The van der Waals surface area contributed by atoms with Gasteiger partial charge >= 0.3 is 29.6 Å². The van der Waals surface area contributed by atoms with E-state index in [2.05, 4.69) is 11.7 Å². The third-order valence-corrected chi connectivity index (χ3v) is 5.99. The normalized spacial score (nSPS) is 10.4. The zero-order valence-corrected chi connectivity index (χ0v) is 27.7. The third-order valence-electron chi connectivity index (χ3n) is 5.99. The molecule has 0 spiro atoms. The number of hydrogen-bond acceptors (Lipinski definition) is 8. The minimum absolute atomic E-state index is 0. The smallest absolute Gasteiger partial charge is 0.548 e. The molecule has 0 fully saturated rings. The number of unbranched alkanes of at least 4 members (excludes halogenated alkanes) is 12. The van der Waals surface area contributed by atoms with Gasteiger partial charge in [0.15, 0.2) is 5.78 Å². The molecular weight excluding hydrogens is 511 g/mol. The van der Waals surface area contributed by atoms with Crippen molar-refractivity contribution in [1.29, 1.82) is 0 Å². The number of carbonyl (C=O) groups is 3. The Balaban J connectivity index is -0.00000165. The number of carboxylic acid groups (broad SMARTS) is 1. The molecule has 0 N–H and O–H groups in total. The van der Waals surface area contributed by atoms with E-state index in [0.29, 0.717) is 45.1 Å². The largest absolute Gasteiger partial charge is 1.00 e. The van der Waals surface area contributed by atoms with E-state index in [1.807, 2.05) is 0 Å². The number of carbonyl (C=O) groups excluding carboxylic acids is 3. The van der Waals surface area contributed by atoms with Gasteiger partial charge in [0.05, 0.1) is 25.8 Å². The van der Waals surface area contributed by atoms with Crippen LogP contribution in [0.15, 0.2) is 0 Å². The van der Waals surface area contributed by atoms with E-state index in [9.17, 15) is 19.5 Å². The second-order valence-corrected chi connectivity index (χ2v) is 9.74. The summed E-state index contributed by atoms with van der Waals surface area (Å²) in [7, 11) is 2.83. The number of carboxylic acids is 1. The van der Waals surface area contributed by atoms with Gasteiger partial charge in [0.25, 0.3) is 0 Å². The van der Waals surface area contributed by atoms with Gasteiger partial charge < -0.3 is 28.8 Å². The summed E-state index contributed by atoms with van der Waals surface area (Å²) in [5.41, 5.74) is 0. The number of Topliss-reactive ketones (excluding diaryl/α,β-unsaturated/α-hetero) is 2. The molecule has 39 heavy (non-hydrogen) atoms. The fourth-order valence-electron chi connectivity index (χ4n) is 3.88. The van der Waals surface area contributed by atoms with Crippen LogP contribution in [0.3, 0.4) is 0 Å². The molecule has 0 rings (SSSR count). The number of hydrogen-bond donors (Lipinski definition) is 0. The molecule has 0 atom stereocenters. The second-order valence-electron chi connectivity index (χ2n) is 9.74. The van der Waals surface area contributed by atoms with Crippen LogP contribution in [-0.4, -0.2) is 71.4 Å². The van der Waals surface area contributed by atoms with Crippen LogP contribution in [0.4, 0.5) is 0 Å². The van der Waals surface area contributed by atoms with Gasteiger partial charge in [-0.25, -0.2) is 0 Å². The van der Waals surface area contributed by atoms with E-state index < -0.39 is 5.97 Å². The van der Waals surface area contributed by atoms with Crippen molar-refractivity contribution in [3.63, 3.8) is 0 Å². The van der Waals surface area contributed by atoms with Gasteiger partial charge in [0.2, 0.25) is 0 Å². The predicted octanol–water partition coefficient (Wildman–Crippen LogP) is 2.23. The van der Waals surface area contributed by atoms with E-state index >= 15 is 0 Å². The van der Waals surface area contributed by atoms with Crippen LogP contribution in [0.1, 0.15) is 122 Å². The maximum Gasteiger partial charge on any atom is 1.00 e. The minimum atomic E-state index is -1.18. The van der Waals surface area contributed by atoms with Crippen molar-refractivity contribution in [2.45, 2.75) is 122 Å². The Bertz CT molecular complexity index is 531. The van der Waals surface area contributed by atoms with Gasteiger partial charge in [-0.2, -0.15) is 0 Å². The van der Waals surface area contributed by atoms with E-state index in [0.717, 1.165) is 25.7 Å². The van der Waals surface area contributed by atoms with Crippen LogP contribution >= 0.6 is 0 Å². The Labute approximate surface area is 260 Å². The summed E-state index contributed by atoms with van der Waals surface area (Å²) in [6.45, 7) is 4.38. The van der Waals surface area contributed by atoms with Gasteiger partial charge in [-0.15, -0.1) is 0 Å². The van der Waals surface area contributed by atoms with Crippen molar-refractivity contribution in [3.05, 3.63) is 0 Å². The van der Waals surface area contributed by atoms with E-state index in [1.54, 1.807) is 0 Å². The van der Waals surface area contributed by atoms with Crippen LogP contribution in [0, 0.1) is 0 Å². The molecule has 0 saturated carbocycles. The summed E-state index contributed by atoms with van der Waals surface area (Å²) in [5, 5.41) is 9.36. The maximum atomic E-state index is 11.9. The first-order valence-corrected chi connectivity index (χ1v) is 14.8. The average molecular weight is 569 g/mol. The standard InChI is InChI=1S/C27H52O5.C3H6O3.Na/c1-3-4-5-6-7-8-9-10-11-12-13-14-15-18-26(28)19-16-21-31-23-24-32-22-17-20-27(29)25-30-2;1-6-2-3(4)5;/h3-25H2,1-2H3;2H2,1H3,(H,4,5);/q;;+1/p-1. The molecule has 0 bridgehead atoms. The van der Waals surface area contributed by atoms with Gasteiger partial charge in [0, 0.05) is 46.7 Å². The summed E-state index contributed by atoms with van der Waals surface area (Å²) in [6.07, 6.45) is 20.7. The van der Waals surface area contributed by atoms with Gasteiger partial charge in [-0.1, -0.05) is 84.0 Å². The summed E-state index contributed by atoms with van der Waals surface area (Å²) in [6, 6.07) is 0. The first-order valence-electron chi connectivity index (χ1n) is 14.8. The monoisotopic (exact) mass is 568 g/mol. The molecule has 0 saturated heterocycles. The third kappa shape index (κ3) is 42.3.